The summed E-state index contributed by atoms with van der Waals surface area (Å²) >= 11 is 23.9. The zero-order chi connectivity index (χ0) is 21.1. The van der Waals surface area contributed by atoms with Gasteiger partial charge in [0.2, 0.25) is 5.91 Å². The number of nitrogens with one attached hydrogen (secondary N) is 2. The predicted octanol–water partition coefficient (Wildman–Crippen LogP) is 4.56. The third kappa shape index (κ3) is 5.19. The monoisotopic (exact) mass is 471 g/mol. The van der Waals surface area contributed by atoms with Crippen molar-refractivity contribution in [2.24, 2.45) is 0 Å². The van der Waals surface area contributed by atoms with E-state index in [0.717, 1.165) is 0 Å². The minimum Gasteiger partial charge on any atom is -0.343 e. The maximum Gasteiger partial charge on any atom is 0.253 e. The molecule has 0 saturated heterocycles. The van der Waals surface area contributed by atoms with Gasteiger partial charge < -0.3 is 10.6 Å². The minimum atomic E-state index is -0.506. The number of carbonyl (C=O) groups excluding carboxylic acids is 2. The Balaban J connectivity index is 1.70. The Bertz CT molecular complexity index is 1100. The fourth-order valence-corrected chi connectivity index (χ4v) is 3.38. The number of anilines is 1. The molecule has 2 aromatic heterocycles. The Kier molecular flexibility index (Phi) is 6.64. The number of nitrogens with zero attached hydrogens (tertiary/aromatic N) is 3. The molecule has 2 heterocycles. The SMILES string of the molecule is Cc1cc(NC(=O)CNC(=O)c2ccc(Cl)cc2Cl)n(-c2ncc(Cl)cc2Cl)n1. The van der Waals surface area contributed by atoms with Gasteiger partial charge in [-0.2, -0.15) is 9.78 Å². The summed E-state index contributed by atoms with van der Waals surface area (Å²) < 4.78 is 1.38. The fraction of sp³-hybridized carbons (Fsp3) is 0.111. The van der Waals surface area contributed by atoms with E-state index in [9.17, 15) is 9.59 Å². The molecule has 0 bridgehead atoms. The van der Waals surface area contributed by atoms with Gasteiger partial charge in [0, 0.05) is 17.3 Å². The van der Waals surface area contributed by atoms with Crippen molar-refractivity contribution in [3.05, 3.63) is 67.9 Å². The molecule has 0 aliphatic rings. The average molecular weight is 473 g/mol. The van der Waals surface area contributed by atoms with E-state index in [1.165, 1.54) is 35.1 Å². The largest absolute Gasteiger partial charge is 0.343 e. The number of rotatable bonds is 5. The Labute approximate surface area is 185 Å². The summed E-state index contributed by atoms with van der Waals surface area (Å²) in [6.45, 7) is 1.46. The lowest BCUT2D eigenvalue weighted by molar-refractivity contribution is -0.115. The van der Waals surface area contributed by atoms with E-state index >= 15 is 0 Å². The van der Waals surface area contributed by atoms with Crippen LogP contribution < -0.4 is 10.6 Å². The van der Waals surface area contributed by atoms with Crippen LogP contribution in [0.4, 0.5) is 5.82 Å². The van der Waals surface area contributed by atoms with Gasteiger partial charge in [-0.3, -0.25) is 9.59 Å². The van der Waals surface area contributed by atoms with Gasteiger partial charge in [0.1, 0.15) is 5.82 Å². The normalized spacial score (nSPS) is 10.7. The first-order valence-corrected chi connectivity index (χ1v) is 9.67. The lowest BCUT2D eigenvalue weighted by Gasteiger charge is -2.10. The van der Waals surface area contributed by atoms with Crippen molar-refractivity contribution in [1.29, 1.82) is 0 Å². The van der Waals surface area contributed by atoms with Crippen LogP contribution in [0.1, 0.15) is 16.1 Å². The van der Waals surface area contributed by atoms with E-state index in [2.05, 4.69) is 20.7 Å². The molecule has 2 N–H and O–H groups in total. The van der Waals surface area contributed by atoms with Crippen molar-refractivity contribution >= 4 is 64.0 Å². The molecule has 0 spiro atoms. The van der Waals surface area contributed by atoms with Crippen LogP contribution in [0.25, 0.3) is 5.82 Å². The van der Waals surface area contributed by atoms with E-state index in [1.54, 1.807) is 13.0 Å². The molecule has 0 radical (unpaired) electrons. The third-order valence-electron chi connectivity index (χ3n) is 3.67. The highest BCUT2D eigenvalue weighted by Gasteiger charge is 2.16. The summed E-state index contributed by atoms with van der Waals surface area (Å²) in [6.07, 6.45) is 1.42. The number of halogens is 4. The van der Waals surface area contributed by atoms with Crippen LogP contribution in [-0.4, -0.2) is 33.1 Å². The number of benzene rings is 1. The van der Waals surface area contributed by atoms with Crippen LogP contribution in [-0.2, 0) is 4.79 Å². The molecule has 3 aromatic rings. The predicted molar refractivity (Wildman–Crippen MR) is 114 cm³/mol. The summed E-state index contributed by atoms with van der Waals surface area (Å²) in [7, 11) is 0. The van der Waals surface area contributed by atoms with Crippen molar-refractivity contribution in [2.75, 3.05) is 11.9 Å². The molecule has 0 atom stereocenters. The van der Waals surface area contributed by atoms with Crippen LogP contribution in [0.5, 0.6) is 0 Å². The number of amides is 2. The number of aryl methyl sites for hydroxylation is 1. The van der Waals surface area contributed by atoms with E-state index in [-0.39, 0.29) is 22.2 Å². The standard InChI is InChI=1S/C18H13Cl4N5O2/c1-9-4-15(27(26-9)17-14(22)6-11(20)7-23-17)25-16(28)8-24-18(29)12-3-2-10(19)5-13(12)21/h2-7H,8H2,1H3,(H,24,29)(H,25,28). The molecular formula is C18H13Cl4N5O2. The summed E-state index contributed by atoms with van der Waals surface area (Å²) in [5.41, 5.74) is 0.840. The number of hydrogen-bond acceptors (Lipinski definition) is 4. The maximum atomic E-state index is 12.3. The van der Waals surface area contributed by atoms with Gasteiger partial charge >= 0.3 is 0 Å². The summed E-state index contributed by atoms with van der Waals surface area (Å²) in [4.78, 5) is 28.7. The van der Waals surface area contributed by atoms with E-state index in [1.807, 2.05) is 0 Å². The number of pyridine rings is 1. The van der Waals surface area contributed by atoms with E-state index < -0.39 is 11.8 Å². The smallest absolute Gasteiger partial charge is 0.253 e. The Hall–Kier alpha value is -2.32. The molecule has 0 unspecified atom stereocenters. The van der Waals surface area contributed by atoms with Crippen molar-refractivity contribution in [3.63, 3.8) is 0 Å². The summed E-state index contributed by atoms with van der Waals surface area (Å²) in [6, 6.07) is 7.62. The van der Waals surface area contributed by atoms with Crippen molar-refractivity contribution in [1.82, 2.24) is 20.1 Å². The average Bonchev–Trinajstić information content (AvgIpc) is 2.99. The van der Waals surface area contributed by atoms with Crippen LogP contribution in [0.2, 0.25) is 20.1 Å². The van der Waals surface area contributed by atoms with Crippen LogP contribution in [0.15, 0.2) is 36.5 Å². The lowest BCUT2D eigenvalue weighted by Crippen LogP contribution is -2.33. The second-order valence-corrected chi connectivity index (χ2v) is 7.58. The van der Waals surface area contributed by atoms with Crippen molar-refractivity contribution in [2.45, 2.75) is 6.92 Å². The molecule has 150 valence electrons. The van der Waals surface area contributed by atoms with E-state index in [4.69, 9.17) is 46.4 Å². The van der Waals surface area contributed by atoms with Crippen LogP contribution >= 0.6 is 46.4 Å². The first-order chi connectivity index (χ1) is 13.7. The van der Waals surface area contributed by atoms with Crippen LogP contribution in [0, 0.1) is 6.92 Å². The van der Waals surface area contributed by atoms with Crippen molar-refractivity contribution in [3.8, 4) is 5.82 Å². The second kappa shape index (κ2) is 9.00. The maximum absolute atomic E-state index is 12.3. The first-order valence-electron chi connectivity index (χ1n) is 8.16. The highest BCUT2D eigenvalue weighted by Crippen LogP contribution is 2.25. The molecule has 0 aliphatic carbocycles. The second-order valence-electron chi connectivity index (χ2n) is 5.90. The Morgan fingerprint density at radius 1 is 1.03 bits per heavy atom. The Morgan fingerprint density at radius 2 is 1.76 bits per heavy atom. The first kappa shape index (κ1) is 21.4. The molecule has 0 fully saturated rings. The molecule has 3 rings (SSSR count). The van der Waals surface area contributed by atoms with Gasteiger partial charge in [0.15, 0.2) is 5.82 Å². The molecule has 2 amide bonds. The summed E-state index contributed by atoms with van der Waals surface area (Å²) in [5, 5.41) is 10.7. The van der Waals surface area contributed by atoms with Gasteiger partial charge in [-0.15, -0.1) is 0 Å². The highest BCUT2D eigenvalue weighted by atomic mass is 35.5. The van der Waals surface area contributed by atoms with Gasteiger partial charge in [-0.05, 0) is 31.2 Å². The third-order valence-corrected chi connectivity index (χ3v) is 4.71. The number of aromatic nitrogens is 3. The molecule has 0 aliphatic heterocycles. The quantitative estimate of drug-likeness (QED) is 0.569. The van der Waals surface area contributed by atoms with Gasteiger partial charge in [-0.1, -0.05) is 46.4 Å². The fourth-order valence-electron chi connectivity index (χ4n) is 2.43. The van der Waals surface area contributed by atoms with Gasteiger partial charge in [0.05, 0.1) is 32.9 Å². The molecular weight excluding hydrogens is 460 g/mol. The molecule has 7 nitrogen and oxygen atoms in total. The summed E-state index contributed by atoms with van der Waals surface area (Å²) in [5.74, 6) is -0.344. The molecule has 1 aromatic carbocycles. The topological polar surface area (TPSA) is 88.9 Å². The zero-order valence-electron chi connectivity index (χ0n) is 14.8. The van der Waals surface area contributed by atoms with Crippen LogP contribution in [0.3, 0.4) is 0 Å². The lowest BCUT2D eigenvalue weighted by atomic mass is 10.2. The molecule has 0 saturated carbocycles. The highest BCUT2D eigenvalue weighted by molar-refractivity contribution is 6.37. The van der Waals surface area contributed by atoms with E-state index in [0.29, 0.717) is 27.4 Å². The Morgan fingerprint density at radius 3 is 2.45 bits per heavy atom. The number of carbonyl (C=O) groups is 2. The molecule has 29 heavy (non-hydrogen) atoms. The minimum absolute atomic E-state index is 0.188. The van der Waals surface area contributed by atoms with Gasteiger partial charge in [-0.25, -0.2) is 4.98 Å². The number of hydrogen-bond donors (Lipinski definition) is 2. The zero-order valence-corrected chi connectivity index (χ0v) is 17.9. The van der Waals surface area contributed by atoms with Gasteiger partial charge in [0.25, 0.3) is 5.91 Å². The van der Waals surface area contributed by atoms with Crippen molar-refractivity contribution < 1.29 is 9.59 Å². The molecule has 11 heteroatoms.